The lowest BCUT2D eigenvalue weighted by atomic mass is 10.0. The zero-order valence-corrected chi connectivity index (χ0v) is 36.5. The molecular weight excluding hydrogens is 789 g/mol. The van der Waals surface area contributed by atoms with E-state index in [2.05, 4.69) is 281 Å². The Morgan fingerprint density at radius 3 is 1.12 bits per heavy atom. The normalized spacial score (nSPS) is 14.3. The van der Waals surface area contributed by atoms with Gasteiger partial charge < -0.3 is 19.6 Å². The van der Waals surface area contributed by atoms with Gasteiger partial charge in [-0.15, -0.1) is 0 Å². The van der Waals surface area contributed by atoms with E-state index in [9.17, 15) is 0 Å². The minimum Gasteiger partial charge on any atom is -0.334 e. The maximum atomic E-state index is 2.43. The summed E-state index contributed by atoms with van der Waals surface area (Å²) in [5, 5.41) is 0. The van der Waals surface area contributed by atoms with Crippen molar-refractivity contribution in [3.05, 3.63) is 267 Å². The van der Waals surface area contributed by atoms with E-state index in [-0.39, 0.29) is 6.04 Å². The Balaban J connectivity index is 0.923. The van der Waals surface area contributed by atoms with Crippen molar-refractivity contribution in [1.82, 2.24) is 0 Å². The van der Waals surface area contributed by atoms with Crippen molar-refractivity contribution >= 4 is 56.9 Å². The molecule has 1 unspecified atom stereocenters. The zero-order chi connectivity index (χ0) is 43.6. The summed E-state index contributed by atoms with van der Waals surface area (Å²) in [6.07, 6.45) is 19.8. The molecule has 316 valence electrons. The molecule has 8 aromatic rings. The van der Waals surface area contributed by atoms with E-state index in [4.69, 9.17) is 0 Å². The van der Waals surface area contributed by atoms with Crippen LogP contribution in [0, 0.1) is 0 Å². The topological polar surface area (TPSA) is 13.0 Å². The van der Waals surface area contributed by atoms with Gasteiger partial charge in [0, 0.05) is 69.0 Å². The molecule has 2 aliphatic carbocycles. The Bertz CT molecular complexity index is 2890. The van der Waals surface area contributed by atoms with Crippen LogP contribution in [0.2, 0.25) is 0 Å². The highest BCUT2D eigenvalue weighted by molar-refractivity contribution is 5.82. The molecule has 0 bridgehead atoms. The van der Waals surface area contributed by atoms with Crippen LogP contribution >= 0.6 is 0 Å². The van der Waals surface area contributed by atoms with Crippen LogP contribution in [-0.2, 0) is 0 Å². The van der Waals surface area contributed by atoms with Gasteiger partial charge >= 0.3 is 0 Å². The first-order chi connectivity index (χ1) is 32.3. The fourth-order valence-electron chi connectivity index (χ4n) is 9.04. The maximum Gasteiger partial charge on any atom is 0.0559 e. The van der Waals surface area contributed by atoms with Gasteiger partial charge in [-0.2, -0.15) is 0 Å². The monoisotopic (exact) mass is 840 g/mol. The lowest BCUT2D eigenvalue weighted by molar-refractivity contribution is 0.785. The molecule has 0 fully saturated rings. The second-order valence-electron chi connectivity index (χ2n) is 16.4. The van der Waals surface area contributed by atoms with E-state index in [1.54, 1.807) is 0 Å². The fraction of sp³-hybridized carbons (Fsp3) is 0.0820. The summed E-state index contributed by atoms with van der Waals surface area (Å²) in [4.78, 5) is 9.50. The summed E-state index contributed by atoms with van der Waals surface area (Å²) in [6, 6.07) is 78.8. The number of allylic oxidation sites excluding steroid dienone is 5. The molecule has 10 rings (SSSR count). The Morgan fingerprint density at radius 2 is 0.677 bits per heavy atom. The zero-order valence-electron chi connectivity index (χ0n) is 36.5. The highest BCUT2D eigenvalue weighted by atomic mass is 15.2. The molecule has 4 nitrogen and oxygen atoms in total. The summed E-state index contributed by atoms with van der Waals surface area (Å²) in [5.41, 5.74) is 14.9. The largest absolute Gasteiger partial charge is 0.334 e. The average Bonchev–Trinajstić information content (AvgIpc) is 3.67. The lowest BCUT2D eigenvalue weighted by Gasteiger charge is -2.33. The molecule has 0 saturated carbocycles. The molecule has 65 heavy (non-hydrogen) atoms. The predicted molar refractivity (Wildman–Crippen MR) is 276 cm³/mol. The van der Waals surface area contributed by atoms with E-state index in [1.807, 2.05) is 0 Å². The number of hydrogen-bond acceptors (Lipinski definition) is 4. The highest BCUT2D eigenvalue weighted by Gasteiger charge is 2.21. The first kappa shape index (κ1) is 41.0. The van der Waals surface area contributed by atoms with Crippen LogP contribution in [0.25, 0.3) is 11.1 Å². The average molecular weight is 841 g/mol. The molecule has 0 radical (unpaired) electrons. The van der Waals surface area contributed by atoms with Crippen molar-refractivity contribution in [3.63, 3.8) is 0 Å². The van der Waals surface area contributed by atoms with Crippen LogP contribution in [0.1, 0.15) is 25.7 Å². The summed E-state index contributed by atoms with van der Waals surface area (Å²) in [6.45, 7) is 0. The summed E-state index contributed by atoms with van der Waals surface area (Å²) in [7, 11) is 0. The molecule has 0 saturated heterocycles. The molecule has 2 aliphatic rings. The van der Waals surface area contributed by atoms with E-state index >= 15 is 0 Å². The third-order valence-corrected chi connectivity index (χ3v) is 12.2. The molecule has 0 amide bonds. The van der Waals surface area contributed by atoms with Gasteiger partial charge in [-0.05, 0) is 152 Å². The smallest absolute Gasteiger partial charge is 0.0559 e. The number of para-hydroxylation sites is 4. The third kappa shape index (κ3) is 9.20. The van der Waals surface area contributed by atoms with Crippen molar-refractivity contribution < 1.29 is 0 Å². The van der Waals surface area contributed by atoms with E-state index < -0.39 is 0 Å². The number of anilines is 10. The molecular formula is C61H52N4. The second-order valence-corrected chi connectivity index (χ2v) is 16.4. The summed E-state index contributed by atoms with van der Waals surface area (Å²) < 4.78 is 0. The molecule has 0 aliphatic heterocycles. The van der Waals surface area contributed by atoms with Gasteiger partial charge in [0.05, 0.1) is 6.04 Å². The standard InChI is InChI=1S/C61H52N4/c1-2-9-21-50(20-8-1)62(51-22-10-3-11-23-51)58-40-44-60(45-41-58)64(54-28-16-6-17-29-54)56-36-32-48(33-37-56)49-34-38-57(39-35-49)65(55-30-18-7-19-31-55)61-46-42-59(43-47-61)63(52-24-12-4-13-25-52)53-26-14-5-15-27-53/h1,3-8,10-19,21-26,28-47,53H,2,9,20,27H2. The van der Waals surface area contributed by atoms with Crippen molar-refractivity contribution in [2.45, 2.75) is 31.7 Å². The summed E-state index contributed by atoms with van der Waals surface area (Å²) in [5.74, 6) is 0. The lowest BCUT2D eigenvalue weighted by Crippen LogP contribution is -2.29. The molecule has 0 spiro atoms. The Hall–Kier alpha value is -8.08. The van der Waals surface area contributed by atoms with Crippen molar-refractivity contribution in [2.75, 3.05) is 19.6 Å². The number of rotatable bonds is 13. The van der Waals surface area contributed by atoms with Gasteiger partial charge in [0.1, 0.15) is 0 Å². The quantitative estimate of drug-likeness (QED) is 0.107. The van der Waals surface area contributed by atoms with Crippen LogP contribution in [0.15, 0.2) is 267 Å². The molecule has 0 aromatic heterocycles. The van der Waals surface area contributed by atoms with Crippen molar-refractivity contribution in [3.8, 4) is 11.1 Å². The van der Waals surface area contributed by atoms with Crippen LogP contribution < -0.4 is 19.6 Å². The van der Waals surface area contributed by atoms with Gasteiger partial charge in [0.25, 0.3) is 0 Å². The van der Waals surface area contributed by atoms with E-state index in [0.717, 1.165) is 82.3 Å². The first-order valence-corrected chi connectivity index (χ1v) is 22.7. The van der Waals surface area contributed by atoms with Crippen molar-refractivity contribution in [2.24, 2.45) is 0 Å². The Kier molecular flexibility index (Phi) is 12.3. The summed E-state index contributed by atoms with van der Waals surface area (Å²) >= 11 is 0. The van der Waals surface area contributed by atoms with Crippen LogP contribution in [0.3, 0.4) is 0 Å². The van der Waals surface area contributed by atoms with Crippen molar-refractivity contribution in [1.29, 1.82) is 0 Å². The molecule has 8 aromatic carbocycles. The molecule has 4 heteroatoms. The van der Waals surface area contributed by atoms with Crippen LogP contribution in [-0.4, -0.2) is 6.04 Å². The van der Waals surface area contributed by atoms with Gasteiger partial charge in [-0.25, -0.2) is 0 Å². The SMILES string of the molecule is C1=CCC(N(c2ccccc2)c2ccc(N(c3ccccc3)c3ccc(-c4ccc(N(c5ccccc5)c5ccc(N(C6=CCCC=CC6)c6ccccc6)cc5)cc4)cc3)cc2)C=C1. The van der Waals surface area contributed by atoms with E-state index in [0.29, 0.717) is 0 Å². The highest BCUT2D eigenvalue weighted by Crippen LogP contribution is 2.41. The molecule has 0 N–H and O–H groups in total. The van der Waals surface area contributed by atoms with E-state index in [1.165, 1.54) is 17.1 Å². The molecule has 1 atom stereocenters. The Labute approximate surface area is 384 Å². The third-order valence-electron chi connectivity index (χ3n) is 12.2. The van der Waals surface area contributed by atoms with Gasteiger partial charge in [0.2, 0.25) is 0 Å². The van der Waals surface area contributed by atoms with Crippen LogP contribution in [0.4, 0.5) is 56.9 Å². The van der Waals surface area contributed by atoms with Gasteiger partial charge in [0.15, 0.2) is 0 Å². The number of hydrogen-bond donors (Lipinski definition) is 0. The predicted octanol–water partition coefficient (Wildman–Crippen LogP) is 17.1. The number of benzene rings is 8. The Morgan fingerprint density at radius 1 is 0.308 bits per heavy atom. The van der Waals surface area contributed by atoms with Crippen LogP contribution in [0.5, 0.6) is 0 Å². The second kappa shape index (κ2) is 19.5. The van der Waals surface area contributed by atoms with Gasteiger partial charge in [-0.3, -0.25) is 0 Å². The fourth-order valence-corrected chi connectivity index (χ4v) is 9.04. The number of nitrogens with zero attached hydrogens (tertiary/aromatic N) is 4. The minimum atomic E-state index is 0.247. The maximum absolute atomic E-state index is 2.43. The van der Waals surface area contributed by atoms with Gasteiger partial charge in [-0.1, -0.05) is 140 Å². The first-order valence-electron chi connectivity index (χ1n) is 22.7. The molecule has 0 heterocycles. The minimum absolute atomic E-state index is 0.247.